The summed E-state index contributed by atoms with van der Waals surface area (Å²) in [5, 5.41) is 8.95. The van der Waals surface area contributed by atoms with Crippen molar-refractivity contribution >= 4 is 5.97 Å². The number of morpholine rings is 1. The van der Waals surface area contributed by atoms with Crippen molar-refractivity contribution in [3.8, 4) is 0 Å². The van der Waals surface area contributed by atoms with Crippen LogP contribution < -0.4 is 0 Å². The summed E-state index contributed by atoms with van der Waals surface area (Å²) in [6, 6.07) is 0.203. The molecule has 5 heteroatoms. The van der Waals surface area contributed by atoms with Gasteiger partial charge in [-0.05, 0) is 6.92 Å². The molecule has 1 heterocycles. The maximum Gasteiger partial charge on any atom is 0.331 e. The molecule has 2 unspecified atom stereocenters. The number of esters is 1. The summed E-state index contributed by atoms with van der Waals surface area (Å²) in [4.78, 5) is 12.9. The minimum Gasteiger partial charge on any atom is -0.466 e. The topological polar surface area (TPSA) is 59.0 Å². The minimum atomic E-state index is -0.380. The fourth-order valence-electron chi connectivity index (χ4n) is 1.38. The van der Waals surface area contributed by atoms with Gasteiger partial charge in [0.1, 0.15) is 0 Å². The molecular weight excluding hydrogens is 198 g/mol. The van der Waals surface area contributed by atoms with Crippen molar-refractivity contribution in [3.63, 3.8) is 0 Å². The first-order chi connectivity index (χ1) is 7.17. The van der Waals surface area contributed by atoms with E-state index in [1.54, 1.807) is 6.20 Å². The average molecular weight is 215 g/mol. The summed E-state index contributed by atoms with van der Waals surface area (Å²) in [5.74, 6) is -0.380. The number of carbonyl (C=O) groups excluding carboxylic acids is 1. The molecule has 0 amide bonds. The Bertz CT molecular complexity index is 242. The lowest BCUT2D eigenvalue weighted by Crippen LogP contribution is -2.46. The number of carbonyl (C=O) groups is 1. The van der Waals surface area contributed by atoms with E-state index in [1.165, 1.54) is 13.2 Å². The number of hydrogen-bond donors (Lipinski definition) is 1. The van der Waals surface area contributed by atoms with Crippen LogP contribution in [0.2, 0.25) is 0 Å². The van der Waals surface area contributed by atoms with Gasteiger partial charge < -0.3 is 19.5 Å². The second kappa shape index (κ2) is 5.72. The molecular formula is C10H17NO4. The van der Waals surface area contributed by atoms with Gasteiger partial charge in [0.15, 0.2) is 0 Å². The van der Waals surface area contributed by atoms with E-state index in [2.05, 4.69) is 4.74 Å². The lowest BCUT2D eigenvalue weighted by atomic mass is 10.2. The molecule has 0 saturated carbocycles. The molecule has 1 N–H and O–H groups in total. The summed E-state index contributed by atoms with van der Waals surface area (Å²) >= 11 is 0. The third-order valence-corrected chi connectivity index (χ3v) is 2.36. The summed E-state index contributed by atoms with van der Waals surface area (Å²) in [6.45, 7) is 3.13. The Balaban J connectivity index is 2.50. The van der Waals surface area contributed by atoms with Gasteiger partial charge in [-0.3, -0.25) is 0 Å². The van der Waals surface area contributed by atoms with Crippen LogP contribution in [0.25, 0.3) is 0 Å². The zero-order valence-electron chi connectivity index (χ0n) is 9.05. The molecule has 5 nitrogen and oxygen atoms in total. The molecule has 15 heavy (non-hydrogen) atoms. The molecule has 1 aliphatic heterocycles. The smallest absolute Gasteiger partial charge is 0.331 e. The van der Waals surface area contributed by atoms with Gasteiger partial charge >= 0.3 is 5.97 Å². The highest BCUT2D eigenvalue weighted by molar-refractivity contribution is 5.81. The Kier molecular flexibility index (Phi) is 4.58. The number of hydrogen-bond acceptors (Lipinski definition) is 5. The molecule has 0 aliphatic carbocycles. The fourth-order valence-corrected chi connectivity index (χ4v) is 1.38. The second-order valence-corrected chi connectivity index (χ2v) is 3.52. The van der Waals surface area contributed by atoms with Crippen molar-refractivity contribution in [1.29, 1.82) is 0 Å². The zero-order chi connectivity index (χ0) is 11.3. The Morgan fingerprint density at radius 3 is 3.07 bits per heavy atom. The van der Waals surface area contributed by atoms with E-state index in [9.17, 15) is 4.79 Å². The monoisotopic (exact) mass is 215 g/mol. The van der Waals surface area contributed by atoms with Gasteiger partial charge in [0.2, 0.25) is 0 Å². The van der Waals surface area contributed by atoms with Gasteiger partial charge in [0, 0.05) is 24.9 Å². The van der Waals surface area contributed by atoms with E-state index < -0.39 is 0 Å². The molecule has 0 aromatic rings. The standard InChI is InChI=1S/C10H17NO4/c1-8-7-15-9(6-12)5-11(8)4-3-10(13)14-2/h3-4,8-9,12H,5-7H2,1-2H3/b4-3+. The first kappa shape index (κ1) is 12.0. The largest absolute Gasteiger partial charge is 0.466 e. The highest BCUT2D eigenvalue weighted by atomic mass is 16.5. The van der Waals surface area contributed by atoms with Crippen molar-refractivity contribution in [2.45, 2.75) is 19.1 Å². The summed E-state index contributed by atoms with van der Waals surface area (Å²) in [5.41, 5.74) is 0. The number of rotatable bonds is 3. The van der Waals surface area contributed by atoms with Crippen molar-refractivity contribution < 1.29 is 19.4 Å². The van der Waals surface area contributed by atoms with Crippen LogP contribution in [0, 0.1) is 0 Å². The molecule has 0 radical (unpaired) electrons. The van der Waals surface area contributed by atoms with Crippen LogP contribution in [0.3, 0.4) is 0 Å². The molecule has 0 aromatic carbocycles. The van der Waals surface area contributed by atoms with Crippen molar-refractivity contribution in [3.05, 3.63) is 12.3 Å². The lowest BCUT2D eigenvalue weighted by Gasteiger charge is -2.36. The second-order valence-electron chi connectivity index (χ2n) is 3.52. The Hall–Kier alpha value is -1.07. The van der Waals surface area contributed by atoms with Crippen LogP contribution >= 0.6 is 0 Å². The third kappa shape index (κ3) is 3.53. The zero-order valence-corrected chi connectivity index (χ0v) is 9.05. The van der Waals surface area contributed by atoms with Crippen molar-refractivity contribution in [2.75, 3.05) is 26.9 Å². The van der Waals surface area contributed by atoms with E-state index >= 15 is 0 Å². The number of aliphatic hydroxyl groups excluding tert-OH is 1. The third-order valence-electron chi connectivity index (χ3n) is 2.36. The summed E-state index contributed by atoms with van der Waals surface area (Å²) in [7, 11) is 1.34. The predicted octanol–water partition coefficient (Wildman–Crippen LogP) is -0.245. The molecule has 2 atom stereocenters. The molecule has 1 saturated heterocycles. The average Bonchev–Trinajstić information content (AvgIpc) is 2.27. The van der Waals surface area contributed by atoms with Gasteiger partial charge in [-0.2, -0.15) is 0 Å². The Morgan fingerprint density at radius 2 is 2.47 bits per heavy atom. The molecule has 86 valence electrons. The molecule has 1 rings (SSSR count). The van der Waals surface area contributed by atoms with E-state index in [4.69, 9.17) is 9.84 Å². The van der Waals surface area contributed by atoms with Crippen molar-refractivity contribution in [1.82, 2.24) is 4.90 Å². The van der Waals surface area contributed by atoms with Gasteiger partial charge in [0.05, 0.1) is 26.4 Å². The van der Waals surface area contributed by atoms with Crippen LogP contribution in [-0.2, 0) is 14.3 Å². The Labute approximate surface area is 89.3 Å². The lowest BCUT2D eigenvalue weighted by molar-refractivity contribution is -0.135. The maximum atomic E-state index is 10.9. The van der Waals surface area contributed by atoms with Crippen LogP contribution in [-0.4, -0.2) is 55.0 Å². The van der Waals surface area contributed by atoms with Crippen molar-refractivity contribution in [2.24, 2.45) is 0 Å². The van der Waals surface area contributed by atoms with Crippen LogP contribution in [0.4, 0.5) is 0 Å². The van der Waals surface area contributed by atoms with E-state index in [0.29, 0.717) is 13.2 Å². The summed E-state index contributed by atoms with van der Waals surface area (Å²) < 4.78 is 9.86. The fraction of sp³-hybridized carbons (Fsp3) is 0.700. The highest BCUT2D eigenvalue weighted by Crippen LogP contribution is 2.11. The van der Waals surface area contributed by atoms with Gasteiger partial charge in [0.25, 0.3) is 0 Å². The normalized spacial score (nSPS) is 27.0. The predicted molar refractivity (Wildman–Crippen MR) is 54.1 cm³/mol. The molecule has 1 aliphatic rings. The molecule has 0 aromatic heterocycles. The molecule has 0 spiro atoms. The Morgan fingerprint density at radius 1 is 1.73 bits per heavy atom. The van der Waals surface area contributed by atoms with Crippen LogP contribution in [0.1, 0.15) is 6.92 Å². The van der Waals surface area contributed by atoms with E-state index in [-0.39, 0.29) is 24.7 Å². The van der Waals surface area contributed by atoms with Crippen LogP contribution in [0.15, 0.2) is 12.3 Å². The van der Waals surface area contributed by atoms with E-state index in [0.717, 1.165) is 0 Å². The number of ether oxygens (including phenoxy) is 2. The number of aliphatic hydroxyl groups is 1. The first-order valence-electron chi connectivity index (χ1n) is 4.91. The van der Waals surface area contributed by atoms with Gasteiger partial charge in [-0.1, -0.05) is 0 Å². The molecule has 1 fully saturated rings. The SMILES string of the molecule is COC(=O)/C=C/N1CC(CO)OCC1C. The molecule has 0 bridgehead atoms. The maximum absolute atomic E-state index is 10.9. The summed E-state index contributed by atoms with van der Waals surface area (Å²) in [6.07, 6.45) is 2.88. The minimum absolute atomic E-state index is 0.00468. The van der Waals surface area contributed by atoms with E-state index in [1.807, 2.05) is 11.8 Å². The number of nitrogens with zero attached hydrogens (tertiary/aromatic N) is 1. The van der Waals surface area contributed by atoms with Gasteiger partial charge in [-0.25, -0.2) is 4.79 Å². The highest BCUT2D eigenvalue weighted by Gasteiger charge is 2.23. The van der Waals surface area contributed by atoms with Crippen LogP contribution in [0.5, 0.6) is 0 Å². The first-order valence-corrected chi connectivity index (χ1v) is 4.91. The number of methoxy groups -OCH3 is 1. The van der Waals surface area contributed by atoms with Gasteiger partial charge in [-0.15, -0.1) is 0 Å². The quantitative estimate of drug-likeness (QED) is 0.520.